The van der Waals surface area contributed by atoms with Crippen molar-refractivity contribution >= 4 is 11.8 Å². The van der Waals surface area contributed by atoms with Crippen molar-refractivity contribution in [3.63, 3.8) is 0 Å². The Morgan fingerprint density at radius 1 is 1.11 bits per heavy atom. The predicted octanol–water partition coefficient (Wildman–Crippen LogP) is -0.255. The van der Waals surface area contributed by atoms with E-state index in [4.69, 9.17) is 18.6 Å². The minimum Gasteiger partial charge on any atom is -0.472 e. The first-order valence-corrected chi connectivity index (χ1v) is 12.1. The van der Waals surface area contributed by atoms with Gasteiger partial charge in [0.25, 0.3) is 0 Å². The van der Waals surface area contributed by atoms with Gasteiger partial charge in [-0.05, 0) is 31.4 Å². The van der Waals surface area contributed by atoms with Gasteiger partial charge in [0, 0.05) is 22.3 Å². The van der Waals surface area contributed by atoms with Gasteiger partial charge < -0.3 is 44.2 Å². The monoisotopic (exact) mass is 508 g/mol. The third-order valence-electron chi connectivity index (χ3n) is 8.90. The third kappa shape index (κ3) is 3.52. The van der Waals surface area contributed by atoms with Crippen LogP contribution in [0.15, 0.2) is 35.2 Å². The molecule has 0 unspecified atom stereocenters. The van der Waals surface area contributed by atoms with E-state index in [0.29, 0.717) is 5.56 Å². The molecule has 11 atom stereocenters. The second-order valence-corrected chi connectivity index (χ2v) is 10.8. The number of ketones is 1. The van der Waals surface area contributed by atoms with Gasteiger partial charge in [0.05, 0.1) is 25.2 Å². The topological polar surface area (TPSA) is 176 Å². The van der Waals surface area contributed by atoms with Crippen molar-refractivity contribution in [1.82, 2.24) is 0 Å². The summed E-state index contributed by atoms with van der Waals surface area (Å²) in [7, 11) is 0. The fraction of sp³-hybridized carbons (Fsp3) is 0.680. The normalized spacial score (nSPS) is 48.8. The van der Waals surface area contributed by atoms with Gasteiger partial charge in [-0.2, -0.15) is 0 Å². The van der Waals surface area contributed by atoms with Gasteiger partial charge in [0.1, 0.15) is 30.5 Å². The van der Waals surface area contributed by atoms with Gasteiger partial charge in [0.15, 0.2) is 17.7 Å². The number of allylic oxidation sites excluding steroid dienone is 1. The molecule has 0 aromatic carbocycles. The van der Waals surface area contributed by atoms with Crippen molar-refractivity contribution in [1.29, 1.82) is 0 Å². The second-order valence-electron chi connectivity index (χ2n) is 10.8. The van der Waals surface area contributed by atoms with Crippen LogP contribution in [0.3, 0.4) is 0 Å². The first-order chi connectivity index (χ1) is 17.0. The highest BCUT2D eigenvalue weighted by molar-refractivity contribution is 5.97. The lowest BCUT2D eigenvalue weighted by molar-refractivity contribution is -0.323. The van der Waals surface area contributed by atoms with E-state index in [1.165, 1.54) is 24.7 Å². The second kappa shape index (κ2) is 8.73. The predicted molar refractivity (Wildman–Crippen MR) is 119 cm³/mol. The zero-order chi connectivity index (χ0) is 26.0. The van der Waals surface area contributed by atoms with Gasteiger partial charge >= 0.3 is 5.97 Å². The van der Waals surface area contributed by atoms with Crippen LogP contribution in [-0.2, 0) is 23.8 Å². The molecular formula is C25H32O11. The molecule has 0 spiro atoms. The largest absolute Gasteiger partial charge is 0.472 e. The SMILES string of the molecule is C[C@@]12CC[C@@]3(O)C(=O)O[C@H](c4ccoc4)C[C@@]3(C)[C@@H]1[C@@H](O[C@@H]1O[C@H](CO)[C@@H](O)[C@H](O)[C@H]1O)C=CC2=O. The summed E-state index contributed by atoms with van der Waals surface area (Å²) in [4.78, 5) is 26.4. The molecule has 1 aromatic heterocycles. The quantitative estimate of drug-likeness (QED) is 0.339. The summed E-state index contributed by atoms with van der Waals surface area (Å²) >= 11 is 0. The van der Waals surface area contributed by atoms with Crippen LogP contribution in [0.4, 0.5) is 0 Å². The molecule has 5 rings (SSSR count). The Labute approximate surface area is 207 Å². The highest BCUT2D eigenvalue weighted by Gasteiger charge is 2.71. The van der Waals surface area contributed by atoms with Crippen LogP contribution in [0.1, 0.15) is 44.8 Å². The van der Waals surface area contributed by atoms with Crippen molar-refractivity contribution in [2.24, 2.45) is 16.7 Å². The number of hydrogen-bond acceptors (Lipinski definition) is 11. The van der Waals surface area contributed by atoms with Crippen molar-refractivity contribution in [2.75, 3.05) is 6.61 Å². The Morgan fingerprint density at radius 3 is 2.53 bits per heavy atom. The molecule has 3 fully saturated rings. The Morgan fingerprint density at radius 2 is 1.86 bits per heavy atom. The highest BCUT2D eigenvalue weighted by Crippen LogP contribution is 2.64. The Balaban J connectivity index is 1.54. The summed E-state index contributed by atoms with van der Waals surface area (Å²) in [5.74, 6) is -1.72. The number of aliphatic hydroxyl groups is 5. The highest BCUT2D eigenvalue weighted by atomic mass is 16.7. The minimum atomic E-state index is -1.90. The molecule has 0 amide bonds. The lowest BCUT2D eigenvalue weighted by Gasteiger charge is -2.62. The number of cyclic esters (lactones) is 1. The van der Waals surface area contributed by atoms with E-state index in [9.17, 15) is 35.1 Å². The summed E-state index contributed by atoms with van der Waals surface area (Å²) in [5, 5.41) is 52.2. The van der Waals surface area contributed by atoms with Gasteiger partial charge in [-0.3, -0.25) is 4.79 Å². The average molecular weight is 509 g/mol. The molecule has 2 saturated heterocycles. The van der Waals surface area contributed by atoms with E-state index in [0.717, 1.165) is 0 Å². The Bertz CT molecular complexity index is 1040. The zero-order valence-corrected chi connectivity index (χ0v) is 20.0. The van der Waals surface area contributed by atoms with Crippen molar-refractivity contribution in [3.8, 4) is 0 Å². The van der Waals surface area contributed by atoms with Crippen LogP contribution >= 0.6 is 0 Å². The number of hydrogen-bond donors (Lipinski definition) is 5. The van der Waals surface area contributed by atoms with Crippen LogP contribution in [0.5, 0.6) is 0 Å². The van der Waals surface area contributed by atoms with Crippen LogP contribution in [0.2, 0.25) is 0 Å². The fourth-order valence-corrected chi connectivity index (χ4v) is 6.71. The molecule has 1 aromatic rings. The maximum Gasteiger partial charge on any atom is 0.339 e. The van der Waals surface area contributed by atoms with Gasteiger partial charge in [-0.1, -0.05) is 19.9 Å². The molecule has 5 N–H and O–H groups in total. The van der Waals surface area contributed by atoms with Crippen LogP contribution in [0, 0.1) is 16.7 Å². The third-order valence-corrected chi connectivity index (χ3v) is 8.90. The summed E-state index contributed by atoms with van der Waals surface area (Å²) in [6, 6.07) is 1.67. The molecular weight excluding hydrogens is 476 g/mol. The smallest absolute Gasteiger partial charge is 0.339 e. The molecule has 2 aliphatic carbocycles. The van der Waals surface area contributed by atoms with E-state index < -0.39 is 77.8 Å². The number of furan rings is 1. The molecule has 0 bridgehead atoms. The van der Waals surface area contributed by atoms with E-state index in [1.807, 2.05) is 0 Å². The molecule has 4 aliphatic rings. The summed E-state index contributed by atoms with van der Waals surface area (Å²) in [5.41, 5.74) is -3.52. The molecule has 3 heterocycles. The number of fused-ring (bicyclic) bond motifs is 3. The summed E-state index contributed by atoms with van der Waals surface area (Å²) < 4.78 is 22.5. The molecule has 11 heteroatoms. The van der Waals surface area contributed by atoms with Crippen LogP contribution in [0.25, 0.3) is 0 Å². The Hall–Kier alpha value is -2.12. The minimum absolute atomic E-state index is 0.0137. The molecule has 11 nitrogen and oxygen atoms in total. The molecule has 0 radical (unpaired) electrons. The molecule has 2 aliphatic heterocycles. The van der Waals surface area contributed by atoms with Crippen molar-refractivity contribution in [2.45, 2.75) is 81.6 Å². The zero-order valence-electron chi connectivity index (χ0n) is 20.0. The molecule has 198 valence electrons. The summed E-state index contributed by atoms with van der Waals surface area (Å²) in [6.45, 7) is 2.88. The summed E-state index contributed by atoms with van der Waals surface area (Å²) in [6.07, 6.45) is -2.96. The number of aliphatic hydroxyl groups excluding tert-OH is 4. The first-order valence-electron chi connectivity index (χ1n) is 12.1. The van der Waals surface area contributed by atoms with Crippen molar-refractivity contribution in [3.05, 3.63) is 36.3 Å². The Kier molecular flexibility index (Phi) is 6.19. The lowest BCUT2D eigenvalue weighted by atomic mass is 9.44. The number of carbonyl (C=O) groups excluding carboxylic acids is 2. The number of rotatable bonds is 4. The maximum atomic E-state index is 13.2. The maximum absolute atomic E-state index is 13.2. The van der Waals surface area contributed by atoms with Gasteiger partial charge in [-0.15, -0.1) is 0 Å². The number of ether oxygens (including phenoxy) is 3. The standard InChI is InChI=1S/C25H32O11/c1-23-6-7-25(32)22(31)36-14(12-5-8-33-11-12)9-24(25,2)20(23)13(3-4-16(23)27)34-21-19(30)18(29)17(28)15(10-26)35-21/h3-5,8,11,13-15,17-21,26,28-30,32H,6-7,9-10H2,1-2H3/t13-,14-,15+,17+,18-,19+,20+,21+,23-,24-,25+/m0/s1. The van der Waals surface area contributed by atoms with Crippen LogP contribution < -0.4 is 0 Å². The average Bonchev–Trinajstić information content (AvgIpc) is 3.38. The molecule has 1 saturated carbocycles. The molecule has 36 heavy (non-hydrogen) atoms. The van der Waals surface area contributed by atoms with Gasteiger partial charge in [-0.25, -0.2) is 4.79 Å². The fourth-order valence-electron chi connectivity index (χ4n) is 6.71. The first kappa shape index (κ1) is 25.5. The number of esters is 1. The lowest BCUT2D eigenvalue weighted by Crippen LogP contribution is -2.70. The van der Waals surface area contributed by atoms with Gasteiger partial charge in [0.2, 0.25) is 0 Å². The van der Waals surface area contributed by atoms with E-state index in [2.05, 4.69) is 0 Å². The van der Waals surface area contributed by atoms with E-state index in [1.54, 1.807) is 19.9 Å². The van der Waals surface area contributed by atoms with Crippen molar-refractivity contribution < 1.29 is 53.7 Å². The van der Waals surface area contributed by atoms with E-state index >= 15 is 0 Å². The van der Waals surface area contributed by atoms with E-state index in [-0.39, 0.29) is 25.0 Å². The van der Waals surface area contributed by atoms with Crippen LogP contribution in [-0.4, -0.2) is 86.3 Å². The number of carbonyl (C=O) groups is 2.